The third-order valence-electron chi connectivity index (χ3n) is 5.73. The topological polar surface area (TPSA) is 58.2 Å². The van der Waals surface area contributed by atoms with Crippen LogP contribution >= 0.6 is 0 Å². The minimum atomic E-state index is -0.269. The van der Waals surface area contributed by atoms with Crippen molar-refractivity contribution in [3.63, 3.8) is 0 Å². The van der Waals surface area contributed by atoms with Gasteiger partial charge in [0.2, 0.25) is 5.88 Å². The quantitative estimate of drug-likeness (QED) is 0.391. The molecule has 0 saturated heterocycles. The van der Waals surface area contributed by atoms with Crippen molar-refractivity contribution in [1.29, 1.82) is 0 Å². The number of para-hydroxylation sites is 1. The number of allylic oxidation sites excluding steroid dienone is 1. The minimum Gasteiger partial charge on any atom is -0.475 e. The van der Waals surface area contributed by atoms with Crippen molar-refractivity contribution in [2.75, 3.05) is 6.61 Å². The van der Waals surface area contributed by atoms with Gasteiger partial charge >= 0.3 is 0 Å². The smallest absolute Gasteiger partial charge is 0.270 e. The van der Waals surface area contributed by atoms with E-state index in [2.05, 4.69) is 16.5 Å². The Labute approximate surface area is 198 Å². The first-order chi connectivity index (χ1) is 16.5. The number of nitrogens with zero attached hydrogens (tertiary/aromatic N) is 2. The zero-order chi connectivity index (χ0) is 24.1. The molecule has 174 valence electrons. The SMILES string of the molecule is C=CC.Cc1ccc(OCC2Cc3cc(F)ccc3CN2C(=O)c2cc3ccccc3[nH]2)nc1. The molecule has 1 amide bonds. The van der Waals surface area contributed by atoms with Crippen molar-refractivity contribution in [3.05, 3.63) is 108 Å². The molecule has 1 atom stereocenters. The summed E-state index contributed by atoms with van der Waals surface area (Å²) in [5, 5.41) is 0.988. The Morgan fingerprint density at radius 3 is 2.74 bits per heavy atom. The molecule has 2 aromatic carbocycles. The molecule has 1 N–H and O–H groups in total. The lowest BCUT2D eigenvalue weighted by molar-refractivity contribution is 0.0557. The third kappa shape index (κ3) is 5.17. The molecule has 4 aromatic rings. The number of fused-ring (bicyclic) bond motifs is 2. The van der Waals surface area contributed by atoms with Gasteiger partial charge in [-0.2, -0.15) is 0 Å². The number of aromatic amines is 1. The van der Waals surface area contributed by atoms with Gasteiger partial charge < -0.3 is 14.6 Å². The second-order valence-electron chi connectivity index (χ2n) is 8.37. The van der Waals surface area contributed by atoms with Gasteiger partial charge in [-0.1, -0.05) is 36.4 Å². The van der Waals surface area contributed by atoms with Crippen molar-refractivity contribution < 1.29 is 13.9 Å². The van der Waals surface area contributed by atoms with Gasteiger partial charge in [-0.05, 0) is 61.2 Å². The number of halogens is 1. The first-order valence-corrected chi connectivity index (χ1v) is 11.3. The number of ether oxygens (including phenoxy) is 1. The van der Waals surface area contributed by atoms with Gasteiger partial charge in [0.15, 0.2) is 0 Å². The highest BCUT2D eigenvalue weighted by Gasteiger charge is 2.32. The van der Waals surface area contributed by atoms with Crippen molar-refractivity contribution in [2.24, 2.45) is 0 Å². The molecule has 5 nitrogen and oxygen atoms in total. The molecule has 2 aromatic heterocycles. The molecule has 0 radical (unpaired) electrons. The first-order valence-electron chi connectivity index (χ1n) is 11.3. The standard InChI is InChI=1S/C25H22FN3O2.C3H6/c1-16-6-9-24(27-13-16)31-15-21-11-19-10-20(26)8-7-18(19)14-29(21)25(30)23-12-17-4-2-3-5-22(17)28-23;1-3-2/h2-10,12-13,21,28H,11,14-15H2,1H3;3H,1H2,2H3. The van der Waals surface area contributed by atoms with Crippen LogP contribution in [0.15, 0.2) is 79.5 Å². The maximum atomic E-state index is 13.8. The maximum absolute atomic E-state index is 13.8. The number of aromatic nitrogens is 2. The Balaban J connectivity index is 0.000000868. The van der Waals surface area contributed by atoms with Crippen LogP contribution in [0.3, 0.4) is 0 Å². The molecule has 0 fully saturated rings. The van der Waals surface area contributed by atoms with E-state index in [4.69, 9.17) is 4.74 Å². The Morgan fingerprint density at radius 1 is 1.21 bits per heavy atom. The van der Waals surface area contributed by atoms with E-state index in [1.54, 1.807) is 29.3 Å². The molecule has 1 unspecified atom stereocenters. The van der Waals surface area contributed by atoms with Gasteiger partial charge in [0, 0.05) is 29.7 Å². The lowest BCUT2D eigenvalue weighted by Crippen LogP contribution is -2.47. The highest BCUT2D eigenvalue weighted by atomic mass is 19.1. The molecule has 0 spiro atoms. The van der Waals surface area contributed by atoms with Gasteiger partial charge in [0.1, 0.15) is 18.1 Å². The number of aryl methyl sites for hydroxylation is 1. The second-order valence-corrected chi connectivity index (χ2v) is 8.37. The number of carbonyl (C=O) groups excluding carboxylic acids is 1. The lowest BCUT2D eigenvalue weighted by atomic mass is 9.93. The molecule has 1 aliphatic heterocycles. The summed E-state index contributed by atoms with van der Waals surface area (Å²) in [4.78, 5) is 22.8. The minimum absolute atomic E-state index is 0.100. The van der Waals surface area contributed by atoms with Gasteiger partial charge in [0.05, 0.1) is 6.04 Å². The van der Waals surface area contributed by atoms with E-state index in [1.807, 2.05) is 56.3 Å². The summed E-state index contributed by atoms with van der Waals surface area (Å²) in [6.07, 6.45) is 4.01. The average molecular weight is 458 g/mol. The normalized spacial score (nSPS) is 14.7. The van der Waals surface area contributed by atoms with E-state index in [0.717, 1.165) is 27.6 Å². The average Bonchev–Trinajstić information content (AvgIpc) is 3.27. The largest absolute Gasteiger partial charge is 0.475 e. The summed E-state index contributed by atoms with van der Waals surface area (Å²) in [6, 6.07) is 17.9. The van der Waals surface area contributed by atoms with Crippen LogP contribution in [0, 0.1) is 12.7 Å². The van der Waals surface area contributed by atoms with Crippen LogP contribution < -0.4 is 4.74 Å². The van der Waals surface area contributed by atoms with Crippen LogP contribution in [0.4, 0.5) is 4.39 Å². The van der Waals surface area contributed by atoms with E-state index in [0.29, 0.717) is 24.5 Å². The van der Waals surface area contributed by atoms with Crippen LogP contribution in [0.25, 0.3) is 10.9 Å². The number of rotatable bonds is 4. The number of carbonyl (C=O) groups is 1. The highest BCUT2D eigenvalue weighted by Crippen LogP contribution is 2.27. The molecule has 34 heavy (non-hydrogen) atoms. The van der Waals surface area contributed by atoms with Crippen LogP contribution in [0.2, 0.25) is 0 Å². The number of benzene rings is 2. The summed E-state index contributed by atoms with van der Waals surface area (Å²) in [7, 11) is 0. The number of nitrogens with one attached hydrogen (secondary N) is 1. The first kappa shape index (κ1) is 23.2. The van der Waals surface area contributed by atoms with E-state index >= 15 is 0 Å². The molecule has 0 aliphatic carbocycles. The lowest BCUT2D eigenvalue weighted by Gasteiger charge is -2.36. The molecule has 6 heteroatoms. The summed E-state index contributed by atoms with van der Waals surface area (Å²) in [5.41, 5.74) is 4.36. The molecular formula is C28H28FN3O2. The molecule has 0 bridgehead atoms. The number of H-pyrrole nitrogens is 1. The van der Waals surface area contributed by atoms with Gasteiger partial charge in [0.25, 0.3) is 5.91 Å². The Morgan fingerprint density at radius 2 is 2.00 bits per heavy atom. The number of hydrogen-bond donors (Lipinski definition) is 1. The number of amides is 1. The summed E-state index contributed by atoms with van der Waals surface area (Å²) in [6.45, 7) is 7.89. The van der Waals surface area contributed by atoms with Crippen LogP contribution in [-0.2, 0) is 13.0 Å². The summed E-state index contributed by atoms with van der Waals surface area (Å²) >= 11 is 0. The zero-order valence-electron chi connectivity index (χ0n) is 19.4. The predicted octanol–water partition coefficient (Wildman–Crippen LogP) is 5.85. The number of pyridine rings is 1. The second kappa shape index (κ2) is 10.3. The Hall–Kier alpha value is -3.93. The Bertz CT molecular complexity index is 1260. The van der Waals surface area contributed by atoms with Crippen molar-refractivity contribution in [2.45, 2.75) is 32.9 Å². The van der Waals surface area contributed by atoms with Crippen LogP contribution in [0.5, 0.6) is 5.88 Å². The van der Waals surface area contributed by atoms with Crippen LogP contribution in [0.1, 0.15) is 34.1 Å². The molecule has 5 rings (SSSR count). The molecular weight excluding hydrogens is 429 g/mol. The zero-order valence-corrected chi connectivity index (χ0v) is 19.4. The van der Waals surface area contributed by atoms with E-state index in [1.165, 1.54) is 6.07 Å². The fraction of sp³-hybridized carbons (Fsp3) is 0.214. The highest BCUT2D eigenvalue weighted by molar-refractivity contribution is 5.98. The van der Waals surface area contributed by atoms with Gasteiger partial charge in [-0.25, -0.2) is 9.37 Å². The monoisotopic (exact) mass is 457 g/mol. The molecule has 1 aliphatic rings. The van der Waals surface area contributed by atoms with E-state index < -0.39 is 0 Å². The maximum Gasteiger partial charge on any atom is 0.270 e. The molecule has 3 heterocycles. The third-order valence-corrected chi connectivity index (χ3v) is 5.73. The van der Waals surface area contributed by atoms with Gasteiger partial charge in [-0.15, -0.1) is 6.58 Å². The van der Waals surface area contributed by atoms with Crippen molar-refractivity contribution in [1.82, 2.24) is 14.9 Å². The van der Waals surface area contributed by atoms with Gasteiger partial charge in [-0.3, -0.25) is 4.79 Å². The van der Waals surface area contributed by atoms with Crippen LogP contribution in [-0.4, -0.2) is 33.4 Å². The predicted molar refractivity (Wildman–Crippen MR) is 132 cm³/mol. The summed E-state index contributed by atoms with van der Waals surface area (Å²) < 4.78 is 19.7. The fourth-order valence-electron chi connectivity index (χ4n) is 4.07. The van der Waals surface area contributed by atoms with Crippen molar-refractivity contribution >= 4 is 16.8 Å². The number of hydrogen-bond acceptors (Lipinski definition) is 3. The Kier molecular flexibility index (Phi) is 7.07. The van der Waals surface area contributed by atoms with Crippen molar-refractivity contribution in [3.8, 4) is 5.88 Å². The fourth-order valence-corrected chi connectivity index (χ4v) is 4.07. The summed E-state index contributed by atoms with van der Waals surface area (Å²) in [5.74, 6) is 0.138. The van der Waals surface area contributed by atoms with E-state index in [-0.39, 0.29) is 24.4 Å². The van der Waals surface area contributed by atoms with E-state index in [9.17, 15) is 9.18 Å². The molecule has 0 saturated carbocycles.